The highest BCUT2D eigenvalue weighted by molar-refractivity contribution is 7.91. The number of aryl methyl sites for hydroxylation is 2. The van der Waals surface area contributed by atoms with Gasteiger partial charge in [0.25, 0.3) is 5.91 Å². The van der Waals surface area contributed by atoms with Crippen molar-refractivity contribution in [1.29, 1.82) is 0 Å². The highest BCUT2D eigenvalue weighted by atomic mass is 32.2. The van der Waals surface area contributed by atoms with E-state index in [0.29, 0.717) is 18.5 Å². The van der Waals surface area contributed by atoms with E-state index in [1.165, 1.54) is 0 Å². The zero-order valence-electron chi connectivity index (χ0n) is 13.6. The second-order valence-electron chi connectivity index (χ2n) is 6.29. The fourth-order valence-electron chi connectivity index (χ4n) is 3.06. The number of amides is 1. The highest BCUT2D eigenvalue weighted by Gasteiger charge is 2.34. The molecule has 1 heterocycles. The van der Waals surface area contributed by atoms with E-state index in [1.54, 1.807) is 4.90 Å². The Kier molecular flexibility index (Phi) is 5.27. The molecule has 0 aromatic heterocycles. The minimum Gasteiger partial charge on any atom is -0.335 e. The zero-order chi connectivity index (χ0) is 16.3. The maximum absolute atomic E-state index is 12.9. The van der Waals surface area contributed by atoms with Gasteiger partial charge in [0, 0.05) is 18.2 Å². The van der Waals surface area contributed by atoms with Crippen molar-refractivity contribution in [2.45, 2.75) is 46.1 Å². The number of rotatable bonds is 5. The second kappa shape index (κ2) is 6.82. The van der Waals surface area contributed by atoms with Gasteiger partial charge in [-0.2, -0.15) is 0 Å². The van der Waals surface area contributed by atoms with E-state index < -0.39 is 9.84 Å². The van der Waals surface area contributed by atoms with Crippen LogP contribution in [0.2, 0.25) is 0 Å². The van der Waals surface area contributed by atoms with Crippen LogP contribution < -0.4 is 0 Å². The van der Waals surface area contributed by atoms with Crippen LogP contribution in [0.1, 0.15) is 47.7 Å². The molecule has 22 heavy (non-hydrogen) atoms. The first-order valence-electron chi connectivity index (χ1n) is 7.92. The molecule has 1 saturated heterocycles. The lowest BCUT2D eigenvalue weighted by Gasteiger charge is -2.28. The molecule has 0 saturated carbocycles. The number of carbonyl (C=O) groups excluding carboxylic acids is 1. The van der Waals surface area contributed by atoms with E-state index in [2.05, 4.69) is 6.92 Å². The third-order valence-corrected chi connectivity index (χ3v) is 5.88. The average molecular weight is 323 g/mol. The molecule has 1 aliphatic rings. The number of hydrogen-bond acceptors (Lipinski definition) is 3. The van der Waals surface area contributed by atoms with Gasteiger partial charge < -0.3 is 4.90 Å². The molecule has 122 valence electrons. The molecule has 1 aromatic carbocycles. The minimum atomic E-state index is -2.99. The van der Waals surface area contributed by atoms with Gasteiger partial charge >= 0.3 is 0 Å². The van der Waals surface area contributed by atoms with Gasteiger partial charge in [-0.25, -0.2) is 8.42 Å². The van der Waals surface area contributed by atoms with E-state index in [4.69, 9.17) is 0 Å². The molecule has 0 aliphatic carbocycles. The monoisotopic (exact) mass is 323 g/mol. The van der Waals surface area contributed by atoms with Gasteiger partial charge in [-0.15, -0.1) is 0 Å². The van der Waals surface area contributed by atoms with Crippen molar-refractivity contribution < 1.29 is 13.2 Å². The largest absolute Gasteiger partial charge is 0.335 e. The molecule has 0 bridgehead atoms. The van der Waals surface area contributed by atoms with Crippen molar-refractivity contribution in [2.24, 2.45) is 0 Å². The Morgan fingerprint density at radius 1 is 1.23 bits per heavy atom. The minimum absolute atomic E-state index is 0.0395. The molecular weight excluding hydrogens is 298 g/mol. The summed E-state index contributed by atoms with van der Waals surface area (Å²) in [5, 5.41) is 0. The summed E-state index contributed by atoms with van der Waals surface area (Å²) in [6.45, 7) is 6.65. The van der Waals surface area contributed by atoms with Gasteiger partial charge in [-0.05, 0) is 38.8 Å². The second-order valence-corrected chi connectivity index (χ2v) is 8.51. The summed E-state index contributed by atoms with van der Waals surface area (Å²) < 4.78 is 23.5. The SMILES string of the molecule is CCCCN(C(=O)c1cc(C)cc(C)c1)[C@@H]1CCS(=O)(=O)C1. The molecule has 0 unspecified atom stereocenters. The van der Waals surface area contributed by atoms with Crippen molar-refractivity contribution in [3.8, 4) is 0 Å². The van der Waals surface area contributed by atoms with Gasteiger partial charge in [-0.1, -0.05) is 30.5 Å². The van der Waals surface area contributed by atoms with E-state index in [-0.39, 0.29) is 23.5 Å². The zero-order valence-corrected chi connectivity index (χ0v) is 14.4. The van der Waals surface area contributed by atoms with Gasteiger partial charge in [0.1, 0.15) is 0 Å². The number of nitrogens with zero attached hydrogens (tertiary/aromatic N) is 1. The van der Waals surface area contributed by atoms with Crippen molar-refractivity contribution >= 4 is 15.7 Å². The topological polar surface area (TPSA) is 54.5 Å². The van der Waals surface area contributed by atoms with Crippen LogP contribution in [-0.4, -0.2) is 43.3 Å². The Morgan fingerprint density at radius 3 is 2.36 bits per heavy atom. The van der Waals surface area contributed by atoms with Gasteiger partial charge in [0.2, 0.25) is 0 Å². The van der Waals surface area contributed by atoms with Crippen LogP contribution in [-0.2, 0) is 9.84 Å². The van der Waals surface area contributed by atoms with Crippen LogP contribution in [0.15, 0.2) is 18.2 Å². The number of hydrogen-bond donors (Lipinski definition) is 0. The van der Waals surface area contributed by atoms with Crippen molar-refractivity contribution in [1.82, 2.24) is 4.90 Å². The predicted molar refractivity (Wildman–Crippen MR) is 88.9 cm³/mol. The third kappa shape index (κ3) is 4.09. The summed E-state index contributed by atoms with van der Waals surface area (Å²) in [6, 6.07) is 5.63. The van der Waals surface area contributed by atoms with Crippen LogP contribution in [0.4, 0.5) is 0 Å². The molecule has 1 aliphatic heterocycles. The molecule has 4 nitrogen and oxygen atoms in total. The van der Waals surface area contributed by atoms with Gasteiger partial charge in [0.05, 0.1) is 11.5 Å². The molecule has 1 amide bonds. The fourth-order valence-corrected chi connectivity index (χ4v) is 4.79. The maximum atomic E-state index is 12.9. The standard InChI is InChI=1S/C17H25NO3S/c1-4-5-7-18(16-6-8-22(20,21)12-16)17(19)15-10-13(2)9-14(3)11-15/h9-11,16H,4-8,12H2,1-3H3/t16-/m1/s1. The van der Waals surface area contributed by atoms with Gasteiger partial charge in [0.15, 0.2) is 9.84 Å². The Labute approximate surface area is 133 Å². The van der Waals surface area contributed by atoms with E-state index in [1.807, 2.05) is 32.0 Å². The summed E-state index contributed by atoms with van der Waals surface area (Å²) in [5.74, 6) is 0.260. The molecule has 1 aromatic rings. The third-order valence-electron chi connectivity index (χ3n) is 4.13. The van der Waals surface area contributed by atoms with E-state index in [9.17, 15) is 13.2 Å². The van der Waals surface area contributed by atoms with Crippen molar-refractivity contribution in [2.75, 3.05) is 18.1 Å². The first kappa shape index (κ1) is 17.0. The number of unbranched alkanes of at least 4 members (excludes halogenated alkanes) is 1. The molecule has 0 N–H and O–H groups in total. The molecule has 2 rings (SSSR count). The average Bonchev–Trinajstić information content (AvgIpc) is 2.78. The maximum Gasteiger partial charge on any atom is 0.254 e. The quantitative estimate of drug-likeness (QED) is 0.837. The lowest BCUT2D eigenvalue weighted by atomic mass is 10.0. The molecule has 0 spiro atoms. The molecule has 1 atom stereocenters. The Morgan fingerprint density at radius 2 is 1.86 bits per heavy atom. The van der Waals surface area contributed by atoms with Crippen molar-refractivity contribution in [3.05, 3.63) is 34.9 Å². The number of benzene rings is 1. The summed E-state index contributed by atoms with van der Waals surface area (Å²) in [4.78, 5) is 14.7. The van der Waals surface area contributed by atoms with Crippen LogP contribution in [0, 0.1) is 13.8 Å². The Balaban J connectivity index is 2.26. The van der Waals surface area contributed by atoms with E-state index in [0.717, 1.165) is 24.0 Å². The fraction of sp³-hybridized carbons (Fsp3) is 0.588. The first-order chi connectivity index (χ1) is 10.3. The van der Waals surface area contributed by atoms with Crippen LogP contribution in [0.5, 0.6) is 0 Å². The van der Waals surface area contributed by atoms with Gasteiger partial charge in [-0.3, -0.25) is 4.79 Å². The lowest BCUT2D eigenvalue weighted by Crippen LogP contribution is -2.41. The highest BCUT2D eigenvalue weighted by Crippen LogP contribution is 2.21. The smallest absolute Gasteiger partial charge is 0.254 e. The summed E-state index contributed by atoms with van der Waals surface area (Å²) in [6.07, 6.45) is 2.44. The molecular formula is C17H25NO3S. The summed E-state index contributed by atoms with van der Waals surface area (Å²) >= 11 is 0. The normalized spacial score (nSPS) is 20.0. The molecule has 0 radical (unpaired) electrons. The number of sulfone groups is 1. The first-order valence-corrected chi connectivity index (χ1v) is 9.74. The van der Waals surface area contributed by atoms with Crippen LogP contribution in [0.3, 0.4) is 0 Å². The Hall–Kier alpha value is -1.36. The molecule has 1 fully saturated rings. The number of carbonyl (C=O) groups is 1. The summed E-state index contributed by atoms with van der Waals surface area (Å²) in [5.41, 5.74) is 2.77. The summed E-state index contributed by atoms with van der Waals surface area (Å²) in [7, 11) is -2.99. The molecule has 5 heteroatoms. The van der Waals surface area contributed by atoms with Crippen molar-refractivity contribution in [3.63, 3.8) is 0 Å². The predicted octanol–water partition coefficient (Wildman–Crippen LogP) is 2.73. The Bertz CT molecular complexity index is 632. The van der Waals surface area contributed by atoms with E-state index >= 15 is 0 Å². The lowest BCUT2D eigenvalue weighted by molar-refractivity contribution is 0.0694. The van der Waals surface area contributed by atoms with Crippen LogP contribution >= 0.6 is 0 Å². The van der Waals surface area contributed by atoms with Crippen LogP contribution in [0.25, 0.3) is 0 Å².